The van der Waals surface area contributed by atoms with E-state index in [1.54, 1.807) is 12.1 Å². The average Bonchev–Trinajstić information content (AvgIpc) is 2.81. The number of fused-ring (bicyclic) bond motifs is 1. The highest BCUT2D eigenvalue weighted by Crippen LogP contribution is 2.32. The Morgan fingerprint density at radius 3 is 2.62 bits per heavy atom. The summed E-state index contributed by atoms with van der Waals surface area (Å²) in [6, 6.07) is 14.7. The molecule has 32 heavy (non-hydrogen) atoms. The fourth-order valence-electron chi connectivity index (χ4n) is 4.23. The second-order valence-corrected chi connectivity index (χ2v) is 8.36. The van der Waals surface area contributed by atoms with E-state index in [1.807, 2.05) is 0 Å². The molecule has 1 aromatic heterocycles. The first-order chi connectivity index (χ1) is 15.6. The Labute approximate surface area is 187 Å². The molecule has 5 rings (SSSR count). The van der Waals surface area contributed by atoms with Gasteiger partial charge in [0.25, 0.3) is 0 Å². The molecule has 0 atom stereocenters. The largest absolute Gasteiger partial charge is 0.438 e. The second-order valence-electron chi connectivity index (χ2n) is 8.36. The minimum Gasteiger partial charge on any atom is -0.438 e. The first-order valence-electron chi connectivity index (χ1n) is 11.1. The number of aryl methyl sites for hydroxylation is 1. The van der Waals surface area contributed by atoms with Gasteiger partial charge in [-0.15, -0.1) is 0 Å². The van der Waals surface area contributed by atoms with Gasteiger partial charge in [-0.25, -0.2) is 9.37 Å². The van der Waals surface area contributed by atoms with Crippen LogP contribution in [0.3, 0.4) is 0 Å². The SMILES string of the molecule is Cc1cccc(CN2CCc3nc(N4CCOCC4)nc(Oc4ccc(F)cc4)c3C2)c1. The van der Waals surface area contributed by atoms with Crippen molar-refractivity contribution in [3.8, 4) is 11.6 Å². The van der Waals surface area contributed by atoms with E-state index in [1.165, 1.54) is 23.3 Å². The van der Waals surface area contributed by atoms with E-state index in [2.05, 4.69) is 41.0 Å². The summed E-state index contributed by atoms with van der Waals surface area (Å²) >= 11 is 0. The van der Waals surface area contributed by atoms with E-state index in [4.69, 9.17) is 19.4 Å². The smallest absolute Gasteiger partial charge is 0.229 e. The molecule has 166 valence electrons. The summed E-state index contributed by atoms with van der Waals surface area (Å²) < 4.78 is 25.0. The van der Waals surface area contributed by atoms with E-state index in [0.29, 0.717) is 37.3 Å². The molecule has 0 spiro atoms. The van der Waals surface area contributed by atoms with Crippen LogP contribution in [0.5, 0.6) is 11.6 Å². The highest BCUT2D eigenvalue weighted by molar-refractivity contribution is 5.44. The van der Waals surface area contributed by atoms with Crippen LogP contribution < -0.4 is 9.64 Å². The zero-order valence-corrected chi connectivity index (χ0v) is 18.3. The van der Waals surface area contributed by atoms with Crippen molar-refractivity contribution in [1.29, 1.82) is 0 Å². The van der Waals surface area contributed by atoms with Gasteiger partial charge >= 0.3 is 0 Å². The number of hydrogen-bond acceptors (Lipinski definition) is 6. The highest BCUT2D eigenvalue weighted by Gasteiger charge is 2.26. The summed E-state index contributed by atoms with van der Waals surface area (Å²) in [6.07, 6.45) is 0.834. The number of halogens is 1. The predicted molar refractivity (Wildman–Crippen MR) is 121 cm³/mol. The van der Waals surface area contributed by atoms with Crippen molar-refractivity contribution >= 4 is 5.95 Å². The van der Waals surface area contributed by atoms with Crippen molar-refractivity contribution in [1.82, 2.24) is 14.9 Å². The molecule has 2 aliphatic heterocycles. The molecule has 7 heteroatoms. The maximum atomic E-state index is 13.4. The van der Waals surface area contributed by atoms with Gasteiger partial charge in [0.1, 0.15) is 11.6 Å². The number of hydrogen-bond donors (Lipinski definition) is 0. The average molecular weight is 435 g/mol. The summed E-state index contributed by atoms with van der Waals surface area (Å²) in [5.41, 5.74) is 4.59. The lowest BCUT2D eigenvalue weighted by molar-refractivity contribution is 0.122. The molecule has 3 aromatic rings. The van der Waals surface area contributed by atoms with E-state index in [-0.39, 0.29) is 5.82 Å². The van der Waals surface area contributed by atoms with Crippen LogP contribution in [0.2, 0.25) is 0 Å². The molecular weight excluding hydrogens is 407 g/mol. The van der Waals surface area contributed by atoms with Crippen LogP contribution in [-0.4, -0.2) is 47.7 Å². The quantitative estimate of drug-likeness (QED) is 0.602. The van der Waals surface area contributed by atoms with Gasteiger partial charge in [-0.05, 0) is 36.8 Å². The molecule has 3 heterocycles. The van der Waals surface area contributed by atoms with Crippen molar-refractivity contribution in [3.63, 3.8) is 0 Å². The van der Waals surface area contributed by atoms with Crippen LogP contribution in [0.15, 0.2) is 48.5 Å². The zero-order valence-electron chi connectivity index (χ0n) is 18.3. The Morgan fingerprint density at radius 2 is 1.84 bits per heavy atom. The third kappa shape index (κ3) is 4.74. The fourth-order valence-corrected chi connectivity index (χ4v) is 4.23. The van der Waals surface area contributed by atoms with Crippen LogP contribution in [-0.2, 0) is 24.2 Å². The molecule has 0 radical (unpaired) electrons. The standard InChI is InChI=1S/C25H27FN4O2/c1-18-3-2-4-19(15-18)16-29-10-9-23-22(17-29)24(32-21-7-5-20(26)6-8-21)28-25(27-23)30-11-13-31-14-12-30/h2-8,15H,9-14,16-17H2,1H3. The molecular formula is C25H27FN4O2. The van der Waals surface area contributed by atoms with Gasteiger partial charge in [0.05, 0.1) is 24.5 Å². The molecule has 0 aliphatic carbocycles. The molecule has 2 aliphatic rings. The van der Waals surface area contributed by atoms with Gasteiger partial charge in [0.15, 0.2) is 0 Å². The Balaban J connectivity index is 1.44. The minimum absolute atomic E-state index is 0.291. The Kier molecular flexibility index (Phi) is 6.01. The molecule has 0 amide bonds. The van der Waals surface area contributed by atoms with Crippen molar-refractivity contribution in [2.75, 3.05) is 37.7 Å². The first-order valence-corrected chi connectivity index (χ1v) is 11.1. The number of benzene rings is 2. The topological polar surface area (TPSA) is 50.7 Å². The van der Waals surface area contributed by atoms with Crippen molar-refractivity contribution < 1.29 is 13.9 Å². The van der Waals surface area contributed by atoms with Gasteiger partial charge in [-0.1, -0.05) is 29.8 Å². The summed E-state index contributed by atoms with van der Waals surface area (Å²) in [7, 11) is 0. The van der Waals surface area contributed by atoms with Gasteiger partial charge < -0.3 is 14.4 Å². The first kappa shape index (κ1) is 20.8. The maximum Gasteiger partial charge on any atom is 0.229 e. The van der Waals surface area contributed by atoms with Gasteiger partial charge in [0, 0.05) is 39.1 Å². The lowest BCUT2D eigenvalue weighted by Gasteiger charge is -2.32. The lowest BCUT2D eigenvalue weighted by atomic mass is 10.0. The van der Waals surface area contributed by atoms with Crippen molar-refractivity contribution in [3.05, 3.63) is 76.7 Å². The number of aromatic nitrogens is 2. The molecule has 0 bridgehead atoms. The number of morpholine rings is 1. The third-order valence-corrected chi connectivity index (χ3v) is 5.90. The van der Waals surface area contributed by atoms with Crippen LogP contribution in [0.25, 0.3) is 0 Å². The third-order valence-electron chi connectivity index (χ3n) is 5.90. The maximum absolute atomic E-state index is 13.4. The second kappa shape index (κ2) is 9.22. The highest BCUT2D eigenvalue weighted by atomic mass is 19.1. The number of rotatable bonds is 5. The Hall–Kier alpha value is -3.03. The molecule has 1 fully saturated rings. The van der Waals surface area contributed by atoms with Gasteiger partial charge in [0.2, 0.25) is 11.8 Å². The predicted octanol–water partition coefficient (Wildman–Crippen LogP) is 4.11. The van der Waals surface area contributed by atoms with E-state index in [9.17, 15) is 4.39 Å². The van der Waals surface area contributed by atoms with Crippen LogP contribution in [0.4, 0.5) is 10.3 Å². The van der Waals surface area contributed by atoms with Crippen molar-refractivity contribution in [2.45, 2.75) is 26.4 Å². The molecule has 0 saturated carbocycles. The summed E-state index contributed by atoms with van der Waals surface area (Å²) in [5, 5.41) is 0. The summed E-state index contributed by atoms with van der Waals surface area (Å²) in [6.45, 7) is 7.47. The lowest BCUT2D eigenvalue weighted by Crippen LogP contribution is -2.38. The summed E-state index contributed by atoms with van der Waals surface area (Å²) in [5.74, 6) is 1.50. The minimum atomic E-state index is -0.291. The van der Waals surface area contributed by atoms with E-state index < -0.39 is 0 Å². The monoisotopic (exact) mass is 434 g/mol. The Morgan fingerprint density at radius 1 is 1.03 bits per heavy atom. The van der Waals surface area contributed by atoms with Crippen LogP contribution >= 0.6 is 0 Å². The van der Waals surface area contributed by atoms with Gasteiger partial charge in [-0.2, -0.15) is 4.98 Å². The fraction of sp³-hybridized carbons (Fsp3) is 0.360. The van der Waals surface area contributed by atoms with E-state index >= 15 is 0 Å². The zero-order chi connectivity index (χ0) is 21.9. The normalized spacial score (nSPS) is 16.6. The molecule has 1 saturated heterocycles. The van der Waals surface area contributed by atoms with Crippen molar-refractivity contribution in [2.24, 2.45) is 0 Å². The van der Waals surface area contributed by atoms with Gasteiger partial charge in [-0.3, -0.25) is 4.90 Å². The number of nitrogens with zero attached hydrogens (tertiary/aromatic N) is 4. The Bertz CT molecular complexity index is 1080. The molecule has 6 nitrogen and oxygen atoms in total. The molecule has 2 aromatic carbocycles. The van der Waals surface area contributed by atoms with Crippen LogP contribution in [0.1, 0.15) is 22.4 Å². The van der Waals surface area contributed by atoms with Crippen LogP contribution in [0, 0.1) is 12.7 Å². The molecule has 0 N–H and O–H groups in total. The van der Waals surface area contributed by atoms with E-state index in [0.717, 1.165) is 43.9 Å². The number of anilines is 1. The number of ether oxygens (including phenoxy) is 2. The molecule has 0 unspecified atom stereocenters. The summed E-state index contributed by atoms with van der Waals surface area (Å²) in [4.78, 5) is 14.2.